The van der Waals surface area contributed by atoms with Crippen LogP contribution in [0.1, 0.15) is 12.7 Å². The SMILES string of the molecule is CCNc1cc(Sc2n[nH]c(C)n2)nc(SC)n1. The van der Waals surface area contributed by atoms with Crippen LogP contribution in [0.15, 0.2) is 21.4 Å². The van der Waals surface area contributed by atoms with E-state index in [4.69, 9.17) is 0 Å². The van der Waals surface area contributed by atoms with Crippen molar-refractivity contribution in [1.29, 1.82) is 0 Å². The van der Waals surface area contributed by atoms with Gasteiger partial charge in [0, 0.05) is 12.6 Å². The van der Waals surface area contributed by atoms with Crippen molar-refractivity contribution < 1.29 is 0 Å². The molecule has 2 rings (SSSR count). The first-order valence-electron chi connectivity index (χ1n) is 5.45. The number of hydrogen-bond donors (Lipinski definition) is 2. The molecule has 6 nitrogen and oxygen atoms in total. The first kappa shape index (κ1) is 13.2. The van der Waals surface area contributed by atoms with Gasteiger partial charge in [-0.25, -0.2) is 15.0 Å². The smallest absolute Gasteiger partial charge is 0.214 e. The molecule has 0 saturated carbocycles. The molecule has 0 aliphatic heterocycles. The topological polar surface area (TPSA) is 79.4 Å². The number of thioether (sulfide) groups is 1. The maximum Gasteiger partial charge on any atom is 0.214 e. The van der Waals surface area contributed by atoms with Gasteiger partial charge in [-0.2, -0.15) is 0 Å². The molecule has 0 amide bonds. The number of nitrogens with one attached hydrogen (secondary N) is 2. The van der Waals surface area contributed by atoms with Crippen molar-refractivity contribution in [2.24, 2.45) is 0 Å². The Hall–Kier alpha value is -1.28. The summed E-state index contributed by atoms with van der Waals surface area (Å²) in [4.78, 5) is 13.0. The van der Waals surface area contributed by atoms with Gasteiger partial charge in [-0.05, 0) is 31.9 Å². The number of hydrogen-bond acceptors (Lipinski definition) is 7. The summed E-state index contributed by atoms with van der Waals surface area (Å²) in [5, 5.41) is 12.3. The van der Waals surface area contributed by atoms with Crippen molar-refractivity contribution in [2.45, 2.75) is 29.2 Å². The summed E-state index contributed by atoms with van der Waals surface area (Å²) in [6, 6.07) is 1.90. The zero-order chi connectivity index (χ0) is 13.0. The third-order valence-corrected chi connectivity index (χ3v) is 3.33. The minimum atomic E-state index is 0.667. The molecule has 0 fully saturated rings. The van der Waals surface area contributed by atoms with Gasteiger partial charge >= 0.3 is 0 Å². The maximum absolute atomic E-state index is 4.42. The highest BCUT2D eigenvalue weighted by Gasteiger charge is 2.08. The molecule has 0 radical (unpaired) electrons. The minimum Gasteiger partial charge on any atom is -0.370 e. The lowest BCUT2D eigenvalue weighted by Crippen LogP contribution is -2.01. The molecule has 0 unspecified atom stereocenters. The Balaban J connectivity index is 2.23. The molecule has 0 saturated heterocycles. The lowest BCUT2D eigenvalue weighted by molar-refractivity contribution is 0.884. The average Bonchev–Trinajstić information content (AvgIpc) is 2.75. The van der Waals surface area contributed by atoms with E-state index < -0.39 is 0 Å². The van der Waals surface area contributed by atoms with E-state index in [1.54, 1.807) is 0 Å². The molecule has 0 aromatic carbocycles. The van der Waals surface area contributed by atoms with Gasteiger partial charge in [0.15, 0.2) is 5.16 Å². The zero-order valence-electron chi connectivity index (χ0n) is 10.4. The van der Waals surface area contributed by atoms with Crippen LogP contribution >= 0.6 is 23.5 Å². The predicted molar refractivity (Wildman–Crippen MR) is 73.2 cm³/mol. The molecule has 2 aromatic rings. The quantitative estimate of drug-likeness (QED) is 0.494. The summed E-state index contributed by atoms with van der Waals surface area (Å²) in [6.45, 7) is 4.73. The fourth-order valence-electron chi connectivity index (χ4n) is 1.28. The Morgan fingerprint density at radius 1 is 1.28 bits per heavy atom. The number of rotatable bonds is 5. The molecule has 0 atom stereocenters. The molecule has 0 aliphatic carbocycles. The second-order valence-corrected chi connectivity index (χ2v) is 5.17. The van der Waals surface area contributed by atoms with E-state index in [1.165, 1.54) is 23.5 Å². The van der Waals surface area contributed by atoms with E-state index in [1.807, 2.05) is 26.2 Å². The van der Waals surface area contributed by atoms with E-state index in [0.717, 1.165) is 28.4 Å². The predicted octanol–water partition coefficient (Wildman–Crippen LogP) is 2.21. The van der Waals surface area contributed by atoms with Crippen molar-refractivity contribution in [3.8, 4) is 0 Å². The maximum atomic E-state index is 4.42. The van der Waals surface area contributed by atoms with Gasteiger partial charge < -0.3 is 5.32 Å². The Kier molecular flexibility index (Phi) is 4.43. The number of H-pyrrole nitrogens is 1. The van der Waals surface area contributed by atoms with Crippen LogP contribution < -0.4 is 5.32 Å². The standard InChI is InChI=1S/C10H14N6S2/c1-4-11-7-5-8(14-9(13-7)17-3)18-10-12-6(2)15-16-10/h5H,4H2,1-3H3,(H,11,13,14)(H,12,15,16). The first-order chi connectivity index (χ1) is 8.71. The van der Waals surface area contributed by atoms with Crippen LogP contribution in [0.25, 0.3) is 0 Å². The van der Waals surface area contributed by atoms with Crippen LogP contribution in [-0.4, -0.2) is 37.9 Å². The number of aromatic nitrogens is 5. The molecule has 0 aliphatic rings. The summed E-state index contributed by atoms with van der Waals surface area (Å²) in [6.07, 6.45) is 1.95. The summed E-state index contributed by atoms with van der Waals surface area (Å²) in [5.41, 5.74) is 0. The fraction of sp³-hybridized carbons (Fsp3) is 0.400. The van der Waals surface area contributed by atoms with E-state index in [-0.39, 0.29) is 0 Å². The summed E-state index contributed by atoms with van der Waals surface area (Å²) >= 11 is 2.93. The highest BCUT2D eigenvalue weighted by atomic mass is 32.2. The van der Waals surface area contributed by atoms with Crippen LogP contribution in [0.3, 0.4) is 0 Å². The Labute approximate surface area is 114 Å². The molecular formula is C10H14N6S2. The monoisotopic (exact) mass is 282 g/mol. The molecule has 0 bridgehead atoms. The van der Waals surface area contributed by atoms with Gasteiger partial charge in [0.1, 0.15) is 16.7 Å². The van der Waals surface area contributed by atoms with Crippen LogP contribution in [0.2, 0.25) is 0 Å². The first-order valence-corrected chi connectivity index (χ1v) is 7.49. The number of nitrogens with zero attached hydrogens (tertiary/aromatic N) is 4. The van der Waals surface area contributed by atoms with Crippen LogP contribution in [-0.2, 0) is 0 Å². The van der Waals surface area contributed by atoms with Crippen molar-refractivity contribution in [3.63, 3.8) is 0 Å². The summed E-state index contributed by atoms with van der Waals surface area (Å²) in [5.74, 6) is 1.62. The van der Waals surface area contributed by atoms with Gasteiger partial charge in [-0.1, -0.05) is 11.8 Å². The average molecular weight is 282 g/mol. The molecule has 96 valence electrons. The van der Waals surface area contributed by atoms with E-state index in [2.05, 4.69) is 30.5 Å². The highest BCUT2D eigenvalue weighted by molar-refractivity contribution is 7.99. The normalized spacial score (nSPS) is 10.6. The van der Waals surface area contributed by atoms with Crippen molar-refractivity contribution in [2.75, 3.05) is 18.1 Å². The minimum absolute atomic E-state index is 0.667. The Bertz CT molecular complexity index is 527. The van der Waals surface area contributed by atoms with Crippen molar-refractivity contribution >= 4 is 29.3 Å². The fourth-order valence-corrected chi connectivity index (χ4v) is 2.48. The lowest BCUT2D eigenvalue weighted by atomic mass is 10.5. The lowest BCUT2D eigenvalue weighted by Gasteiger charge is -2.05. The second-order valence-electron chi connectivity index (χ2n) is 3.41. The van der Waals surface area contributed by atoms with Gasteiger partial charge in [0.2, 0.25) is 5.16 Å². The number of anilines is 1. The van der Waals surface area contributed by atoms with Crippen LogP contribution in [0.5, 0.6) is 0 Å². The largest absolute Gasteiger partial charge is 0.370 e. The Morgan fingerprint density at radius 3 is 2.72 bits per heavy atom. The zero-order valence-corrected chi connectivity index (χ0v) is 12.0. The van der Waals surface area contributed by atoms with Gasteiger partial charge in [0.05, 0.1) is 0 Å². The van der Waals surface area contributed by atoms with E-state index >= 15 is 0 Å². The van der Waals surface area contributed by atoms with Gasteiger partial charge in [-0.3, -0.25) is 5.10 Å². The molecule has 8 heteroatoms. The highest BCUT2D eigenvalue weighted by Crippen LogP contribution is 2.26. The number of aromatic amines is 1. The second kappa shape index (κ2) is 6.05. The summed E-state index contributed by atoms with van der Waals surface area (Å²) < 4.78 is 0. The molecule has 2 aromatic heterocycles. The Morgan fingerprint density at radius 2 is 2.11 bits per heavy atom. The van der Waals surface area contributed by atoms with Crippen molar-refractivity contribution in [3.05, 3.63) is 11.9 Å². The molecule has 0 spiro atoms. The van der Waals surface area contributed by atoms with Crippen LogP contribution in [0, 0.1) is 6.92 Å². The third kappa shape index (κ3) is 3.36. The molecule has 18 heavy (non-hydrogen) atoms. The summed E-state index contributed by atoms with van der Waals surface area (Å²) in [7, 11) is 0. The molecular weight excluding hydrogens is 268 g/mol. The van der Waals surface area contributed by atoms with E-state index in [9.17, 15) is 0 Å². The van der Waals surface area contributed by atoms with Gasteiger partial charge in [-0.15, -0.1) is 5.10 Å². The van der Waals surface area contributed by atoms with Crippen molar-refractivity contribution in [1.82, 2.24) is 25.1 Å². The number of aryl methyl sites for hydroxylation is 1. The molecule has 2 heterocycles. The van der Waals surface area contributed by atoms with Crippen LogP contribution in [0.4, 0.5) is 5.82 Å². The van der Waals surface area contributed by atoms with E-state index in [0.29, 0.717) is 5.16 Å². The molecule has 2 N–H and O–H groups in total. The third-order valence-electron chi connectivity index (χ3n) is 2.00. The van der Waals surface area contributed by atoms with Gasteiger partial charge in [0.25, 0.3) is 0 Å².